The Morgan fingerprint density at radius 1 is 1.35 bits per heavy atom. The van der Waals surface area contributed by atoms with Gasteiger partial charge in [-0.25, -0.2) is 13.1 Å². The number of nitrogens with zero attached hydrogens (tertiary/aromatic N) is 4. The summed E-state index contributed by atoms with van der Waals surface area (Å²) in [5, 5.41) is 14.1. The molecule has 9 heteroatoms. The molecule has 0 aliphatic heterocycles. The van der Waals surface area contributed by atoms with Crippen molar-refractivity contribution in [2.75, 3.05) is 5.75 Å². The summed E-state index contributed by atoms with van der Waals surface area (Å²) >= 11 is 0. The van der Waals surface area contributed by atoms with E-state index in [0.717, 1.165) is 32.1 Å². The van der Waals surface area contributed by atoms with Crippen LogP contribution in [0.4, 0.5) is 0 Å². The topological polar surface area (TPSA) is 107 Å². The quantitative estimate of drug-likeness (QED) is 0.792. The number of carbonyl (C=O) groups excluding carboxylic acids is 1. The van der Waals surface area contributed by atoms with Crippen LogP contribution in [0.2, 0.25) is 0 Å². The number of nitrogens with one attached hydrogen (secondary N) is 1. The second-order valence-corrected chi connectivity index (χ2v) is 8.31. The Labute approximate surface area is 136 Å². The maximum Gasteiger partial charge on any atom is 0.235 e. The van der Waals surface area contributed by atoms with E-state index in [-0.39, 0.29) is 17.8 Å². The zero-order valence-electron chi connectivity index (χ0n) is 13.7. The normalized spacial score (nSPS) is 17.8. The van der Waals surface area contributed by atoms with Crippen molar-refractivity contribution in [2.45, 2.75) is 70.2 Å². The lowest BCUT2D eigenvalue weighted by atomic mass is 9.96. The Hall–Kier alpha value is -1.51. The largest absolute Gasteiger partial charge is 0.353 e. The van der Waals surface area contributed by atoms with Gasteiger partial charge in [0.1, 0.15) is 11.5 Å². The number of hydrogen-bond donors (Lipinski definition) is 1. The number of aromatic nitrogens is 4. The molecule has 23 heavy (non-hydrogen) atoms. The number of rotatable bonds is 7. The number of carbonyl (C=O) groups is 1. The second-order valence-electron chi connectivity index (χ2n) is 6.24. The van der Waals surface area contributed by atoms with Gasteiger partial charge in [-0.15, -0.1) is 5.10 Å². The minimum Gasteiger partial charge on any atom is -0.353 e. The van der Waals surface area contributed by atoms with Crippen molar-refractivity contribution in [2.24, 2.45) is 0 Å². The summed E-state index contributed by atoms with van der Waals surface area (Å²) < 4.78 is 26.1. The first-order valence-electron chi connectivity index (χ1n) is 8.18. The lowest BCUT2D eigenvalue weighted by molar-refractivity contribution is -0.119. The highest BCUT2D eigenvalue weighted by atomic mass is 32.2. The minimum absolute atomic E-state index is 0.0368. The molecule has 0 spiro atoms. The summed E-state index contributed by atoms with van der Waals surface area (Å²) in [5.41, 5.74) is 0. The van der Waals surface area contributed by atoms with Crippen LogP contribution in [0.3, 0.4) is 0 Å². The molecule has 1 aromatic heterocycles. The van der Waals surface area contributed by atoms with Gasteiger partial charge in [-0.1, -0.05) is 26.2 Å². The van der Waals surface area contributed by atoms with Gasteiger partial charge in [0.25, 0.3) is 0 Å². The van der Waals surface area contributed by atoms with Crippen LogP contribution >= 0.6 is 0 Å². The standard InChI is InChI=1S/C14H25N5O3S/c1-3-11(2)15-14(20)10-23(21,22)9-13-16-17-18-19(13)12-7-5-4-6-8-12/h11-12H,3-10H2,1-2H3,(H,15,20). The lowest BCUT2D eigenvalue weighted by Gasteiger charge is -2.22. The van der Waals surface area contributed by atoms with E-state index in [9.17, 15) is 13.2 Å². The van der Waals surface area contributed by atoms with Gasteiger partial charge in [-0.05, 0) is 36.6 Å². The maximum absolute atomic E-state index is 12.2. The van der Waals surface area contributed by atoms with Gasteiger partial charge in [-0.2, -0.15) is 0 Å². The highest BCUT2D eigenvalue weighted by molar-refractivity contribution is 7.91. The predicted octanol–water partition coefficient (Wildman–Crippen LogP) is 1.01. The van der Waals surface area contributed by atoms with Crippen LogP contribution in [-0.2, 0) is 20.4 Å². The number of amides is 1. The summed E-state index contributed by atoms with van der Waals surface area (Å²) in [6.45, 7) is 3.77. The monoisotopic (exact) mass is 343 g/mol. The summed E-state index contributed by atoms with van der Waals surface area (Å²) in [5.74, 6) is -0.983. The molecule has 8 nitrogen and oxygen atoms in total. The van der Waals surface area contributed by atoms with E-state index < -0.39 is 21.5 Å². The van der Waals surface area contributed by atoms with Crippen molar-refractivity contribution in [3.8, 4) is 0 Å². The Balaban J connectivity index is 2.00. The Morgan fingerprint density at radius 2 is 2.04 bits per heavy atom. The number of hydrogen-bond acceptors (Lipinski definition) is 6. The fraction of sp³-hybridized carbons (Fsp3) is 0.857. The van der Waals surface area contributed by atoms with Crippen LogP contribution in [0.15, 0.2) is 0 Å². The van der Waals surface area contributed by atoms with E-state index in [0.29, 0.717) is 5.82 Å². The van der Waals surface area contributed by atoms with E-state index in [1.165, 1.54) is 6.42 Å². The lowest BCUT2D eigenvalue weighted by Crippen LogP contribution is -2.37. The van der Waals surface area contributed by atoms with Crippen molar-refractivity contribution in [3.05, 3.63) is 5.82 Å². The molecule has 1 atom stereocenters. The maximum atomic E-state index is 12.2. The molecule has 1 aromatic rings. The molecule has 1 saturated carbocycles. The first-order chi connectivity index (χ1) is 10.9. The van der Waals surface area contributed by atoms with Gasteiger partial charge in [0, 0.05) is 6.04 Å². The van der Waals surface area contributed by atoms with Crippen LogP contribution in [0.25, 0.3) is 0 Å². The molecule has 1 aliphatic carbocycles. The smallest absolute Gasteiger partial charge is 0.235 e. The number of sulfone groups is 1. The first-order valence-corrected chi connectivity index (χ1v) is 10.00. The van der Waals surface area contributed by atoms with Crippen molar-refractivity contribution >= 4 is 15.7 Å². The molecule has 1 fully saturated rings. The van der Waals surface area contributed by atoms with Crippen molar-refractivity contribution in [1.29, 1.82) is 0 Å². The molecule has 1 amide bonds. The third kappa shape index (κ3) is 5.26. The van der Waals surface area contributed by atoms with Crippen molar-refractivity contribution < 1.29 is 13.2 Å². The summed E-state index contributed by atoms with van der Waals surface area (Å²) in [7, 11) is -3.59. The van der Waals surface area contributed by atoms with Gasteiger partial charge in [0.15, 0.2) is 15.7 Å². The third-order valence-corrected chi connectivity index (χ3v) is 5.60. The fourth-order valence-electron chi connectivity index (χ4n) is 2.78. The molecule has 2 rings (SSSR count). The molecule has 0 bridgehead atoms. The minimum atomic E-state index is -3.59. The van der Waals surface area contributed by atoms with E-state index >= 15 is 0 Å². The highest BCUT2D eigenvalue weighted by Gasteiger charge is 2.25. The highest BCUT2D eigenvalue weighted by Crippen LogP contribution is 2.28. The molecular weight excluding hydrogens is 318 g/mol. The Morgan fingerprint density at radius 3 is 2.70 bits per heavy atom. The molecule has 130 valence electrons. The van der Waals surface area contributed by atoms with Gasteiger partial charge < -0.3 is 5.32 Å². The van der Waals surface area contributed by atoms with Gasteiger partial charge in [0.2, 0.25) is 5.91 Å². The van der Waals surface area contributed by atoms with Crippen LogP contribution in [0, 0.1) is 0 Å². The third-order valence-electron chi connectivity index (χ3n) is 4.20. The molecule has 0 saturated heterocycles. The molecule has 0 aromatic carbocycles. The van der Waals surface area contributed by atoms with E-state index in [4.69, 9.17) is 0 Å². The van der Waals surface area contributed by atoms with Gasteiger partial charge in [0.05, 0.1) is 6.04 Å². The van der Waals surface area contributed by atoms with Crippen LogP contribution in [-0.4, -0.2) is 46.3 Å². The van der Waals surface area contributed by atoms with Crippen LogP contribution < -0.4 is 5.32 Å². The zero-order valence-corrected chi connectivity index (χ0v) is 14.5. The average molecular weight is 343 g/mol. The van der Waals surface area contributed by atoms with Gasteiger partial charge >= 0.3 is 0 Å². The molecule has 1 unspecified atom stereocenters. The molecule has 1 aliphatic rings. The molecular formula is C14H25N5O3S. The molecule has 1 N–H and O–H groups in total. The SMILES string of the molecule is CCC(C)NC(=O)CS(=O)(=O)Cc1nnnn1C1CCCCC1. The Bertz CT molecular complexity index is 622. The number of tetrazole rings is 1. The first kappa shape index (κ1) is 17.8. The fourth-order valence-corrected chi connectivity index (χ4v) is 3.95. The zero-order chi connectivity index (χ0) is 16.9. The van der Waals surface area contributed by atoms with Crippen molar-refractivity contribution in [1.82, 2.24) is 25.5 Å². The summed E-state index contributed by atoms with van der Waals surface area (Å²) in [4.78, 5) is 11.8. The Kier molecular flexibility index (Phi) is 6.09. The predicted molar refractivity (Wildman–Crippen MR) is 85.3 cm³/mol. The van der Waals surface area contributed by atoms with Gasteiger partial charge in [-0.3, -0.25) is 4.79 Å². The molecule has 1 heterocycles. The second kappa shape index (κ2) is 7.85. The van der Waals surface area contributed by atoms with Crippen molar-refractivity contribution in [3.63, 3.8) is 0 Å². The summed E-state index contributed by atoms with van der Waals surface area (Å²) in [6, 6.07) is 0.128. The van der Waals surface area contributed by atoms with E-state index in [2.05, 4.69) is 20.8 Å². The van der Waals surface area contributed by atoms with Crippen LogP contribution in [0.5, 0.6) is 0 Å². The van der Waals surface area contributed by atoms with Crippen LogP contribution in [0.1, 0.15) is 64.2 Å². The summed E-state index contributed by atoms with van der Waals surface area (Å²) in [6.07, 6.45) is 6.09. The molecule has 0 radical (unpaired) electrons. The van der Waals surface area contributed by atoms with E-state index in [1.54, 1.807) is 4.68 Å². The average Bonchev–Trinajstić information content (AvgIpc) is 2.94. The van der Waals surface area contributed by atoms with E-state index in [1.807, 2.05) is 13.8 Å².